The van der Waals surface area contributed by atoms with Gasteiger partial charge in [0.2, 0.25) is 11.9 Å². The van der Waals surface area contributed by atoms with Crippen molar-refractivity contribution < 1.29 is 29.0 Å². The first-order valence-corrected chi connectivity index (χ1v) is 19.6. The summed E-state index contributed by atoms with van der Waals surface area (Å²) in [4.78, 5) is 62.4. The quantitative estimate of drug-likeness (QED) is 0.273. The van der Waals surface area contributed by atoms with Crippen LogP contribution in [0.15, 0.2) is 41.6 Å². The van der Waals surface area contributed by atoms with E-state index in [1.54, 1.807) is 20.0 Å². The molecule has 2 aromatic rings. The number of anilines is 1. The van der Waals surface area contributed by atoms with E-state index >= 15 is 0 Å². The van der Waals surface area contributed by atoms with Crippen LogP contribution in [0.3, 0.4) is 0 Å². The topological polar surface area (TPSA) is 136 Å². The standard InChI is InChI=1S/C43H57N3O6/c1-24(2)34-29(47)21-43(36(49)46-38-44-23-25-11-9-10-12-28(25)45-38)20-15-27-26(35(34)43)13-14-31-41(27,7)18-16-30-40(5,6)32(17-19-42(30,31)8)52-33(48)22-39(3,4)37(50)51/h9-12,23-24,26-27,30-32H,13-22H2,1-8H3,(H,50,51)(H,44,45,46,49)/t26?,27?,30?,31?,32-,41-,42-,43?/m0/s1. The highest BCUT2D eigenvalue weighted by atomic mass is 16.5. The molecular weight excluding hydrogens is 654 g/mol. The maximum atomic E-state index is 14.5. The molecule has 1 aromatic heterocycles. The molecule has 280 valence electrons. The van der Waals surface area contributed by atoms with Gasteiger partial charge in [-0.05, 0) is 123 Å². The third-order valence-corrected chi connectivity index (χ3v) is 15.1. The second-order valence-electron chi connectivity index (χ2n) is 19.1. The number of aliphatic carboxylic acids is 1. The summed E-state index contributed by atoms with van der Waals surface area (Å²) in [6, 6.07) is 7.72. The average molecular weight is 712 g/mol. The number of hydrogen-bond donors (Lipinski definition) is 2. The number of fused-ring (bicyclic) bond motifs is 8. The Kier molecular flexibility index (Phi) is 8.81. The molecule has 5 aliphatic carbocycles. The molecule has 9 heteroatoms. The number of ether oxygens (including phenoxy) is 1. The number of nitrogens with one attached hydrogen (secondary N) is 1. The molecule has 1 heterocycles. The van der Waals surface area contributed by atoms with Gasteiger partial charge in [0.05, 0.1) is 22.8 Å². The van der Waals surface area contributed by atoms with Gasteiger partial charge in [-0.25, -0.2) is 9.97 Å². The van der Waals surface area contributed by atoms with Gasteiger partial charge in [-0.3, -0.25) is 24.5 Å². The minimum Gasteiger partial charge on any atom is -0.481 e. The monoisotopic (exact) mass is 711 g/mol. The first-order valence-electron chi connectivity index (χ1n) is 19.6. The Hall–Kier alpha value is -3.62. The van der Waals surface area contributed by atoms with Gasteiger partial charge in [0.25, 0.3) is 0 Å². The minimum atomic E-state index is -1.17. The fourth-order valence-corrected chi connectivity index (χ4v) is 12.7. The predicted octanol–water partition coefficient (Wildman–Crippen LogP) is 8.57. The van der Waals surface area contributed by atoms with Gasteiger partial charge in [0.15, 0.2) is 5.78 Å². The van der Waals surface area contributed by atoms with Crippen LogP contribution in [0.5, 0.6) is 0 Å². The van der Waals surface area contributed by atoms with Crippen molar-refractivity contribution in [3.8, 4) is 0 Å². The van der Waals surface area contributed by atoms with E-state index in [0.29, 0.717) is 24.2 Å². The maximum Gasteiger partial charge on any atom is 0.309 e. The number of esters is 1. The zero-order valence-electron chi connectivity index (χ0n) is 32.3. The molecule has 5 unspecified atom stereocenters. The van der Waals surface area contributed by atoms with Crippen molar-refractivity contribution in [3.63, 3.8) is 0 Å². The fraction of sp³-hybridized carbons (Fsp3) is 0.674. The number of Topliss-reactive ketones (excluding diaryl/α,β-unsaturated/α-hetero) is 1. The zero-order chi connectivity index (χ0) is 37.6. The van der Waals surface area contributed by atoms with E-state index in [-0.39, 0.29) is 64.7 Å². The second-order valence-corrected chi connectivity index (χ2v) is 19.1. The normalized spacial score (nSPS) is 35.3. The molecule has 2 N–H and O–H groups in total. The number of benzene rings is 1. The van der Waals surface area contributed by atoms with Gasteiger partial charge in [-0.1, -0.05) is 59.7 Å². The number of carboxylic acid groups (broad SMARTS) is 1. The van der Waals surface area contributed by atoms with Crippen LogP contribution in [0.25, 0.3) is 10.9 Å². The number of aromatic nitrogens is 2. The van der Waals surface area contributed by atoms with Crippen molar-refractivity contribution in [1.29, 1.82) is 0 Å². The Morgan fingerprint density at radius 3 is 2.38 bits per heavy atom. The third-order valence-electron chi connectivity index (χ3n) is 15.1. The molecule has 1 aromatic carbocycles. The number of carbonyl (C=O) groups is 4. The number of allylic oxidation sites excluding steroid dienone is 1. The van der Waals surface area contributed by atoms with Crippen LogP contribution in [-0.4, -0.2) is 44.8 Å². The summed E-state index contributed by atoms with van der Waals surface area (Å²) in [5.41, 5.74) is 0.528. The highest BCUT2D eigenvalue weighted by Gasteiger charge is 2.67. The minimum absolute atomic E-state index is 0.0338. The lowest BCUT2D eigenvalue weighted by Gasteiger charge is -2.68. The van der Waals surface area contributed by atoms with Gasteiger partial charge in [0, 0.05) is 23.4 Å². The highest BCUT2D eigenvalue weighted by Crippen LogP contribution is 2.73. The second kappa shape index (κ2) is 12.5. The number of ketones is 1. The molecule has 9 nitrogen and oxygen atoms in total. The fourth-order valence-electron chi connectivity index (χ4n) is 12.7. The van der Waals surface area contributed by atoms with E-state index in [4.69, 9.17) is 4.74 Å². The Labute approximate surface area is 308 Å². The number of carboxylic acids is 1. The molecule has 0 aliphatic heterocycles. The van der Waals surface area contributed by atoms with Gasteiger partial charge >= 0.3 is 11.9 Å². The Morgan fingerprint density at radius 2 is 1.67 bits per heavy atom. The van der Waals surface area contributed by atoms with Crippen LogP contribution < -0.4 is 5.32 Å². The van der Waals surface area contributed by atoms with Gasteiger partial charge in [-0.15, -0.1) is 0 Å². The van der Waals surface area contributed by atoms with Crippen molar-refractivity contribution in [2.24, 2.45) is 56.7 Å². The molecule has 5 aliphatic rings. The molecule has 0 spiro atoms. The molecule has 52 heavy (non-hydrogen) atoms. The van der Waals surface area contributed by atoms with Crippen molar-refractivity contribution in [1.82, 2.24) is 9.97 Å². The number of carbonyl (C=O) groups excluding carboxylic acids is 3. The van der Waals surface area contributed by atoms with Crippen molar-refractivity contribution >= 4 is 40.5 Å². The van der Waals surface area contributed by atoms with Crippen molar-refractivity contribution in [2.75, 3.05) is 5.32 Å². The molecule has 0 saturated heterocycles. The number of rotatable bonds is 7. The van der Waals surface area contributed by atoms with Crippen molar-refractivity contribution in [3.05, 3.63) is 41.6 Å². The lowest BCUT2D eigenvalue weighted by atomic mass is 9.36. The molecule has 0 radical (unpaired) electrons. The number of hydrogen-bond acceptors (Lipinski definition) is 7. The summed E-state index contributed by atoms with van der Waals surface area (Å²) in [6.07, 6.45) is 8.87. The van der Waals surface area contributed by atoms with E-state index in [0.717, 1.165) is 67.0 Å². The lowest BCUT2D eigenvalue weighted by molar-refractivity contribution is -0.213. The first-order chi connectivity index (χ1) is 24.3. The average Bonchev–Trinajstić information content (AvgIpc) is 3.39. The Bertz CT molecular complexity index is 1860. The predicted molar refractivity (Wildman–Crippen MR) is 199 cm³/mol. The first kappa shape index (κ1) is 36.7. The summed E-state index contributed by atoms with van der Waals surface area (Å²) in [6.45, 7) is 16.8. The summed E-state index contributed by atoms with van der Waals surface area (Å²) in [5.74, 6) is 0.204. The summed E-state index contributed by atoms with van der Waals surface area (Å²) in [7, 11) is 0. The lowest BCUT2D eigenvalue weighted by Crippen LogP contribution is -2.63. The van der Waals surface area contributed by atoms with E-state index in [1.807, 2.05) is 24.3 Å². The molecule has 4 fully saturated rings. The molecule has 8 atom stereocenters. The van der Waals surface area contributed by atoms with Gasteiger partial charge in [0.1, 0.15) is 6.10 Å². The summed E-state index contributed by atoms with van der Waals surface area (Å²) >= 11 is 0. The highest BCUT2D eigenvalue weighted by molar-refractivity contribution is 6.09. The third kappa shape index (κ3) is 5.53. The van der Waals surface area contributed by atoms with Crippen LogP contribution in [0.4, 0.5) is 5.95 Å². The zero-order valence-corrected chi connectivity index (χ0v) is 32.3. The van der Waals surface area contributed by atoms with Crippen LogP contribution >= 0.6 is 0 Å². The number of nitrogens with zero attached hydrogens (tertiary/aromatic N) is 2. The van der Waals surface area contributed by atoms with Crippen LogP contribution in [0, 0.1) is 56.7 Å². The van der Waals surface area contributed by atoms with E-state index in [2.05, 4.69) is 56.8 Å². The van der Waals surface area contributed by atoms with Gasteiger partial charge < -0.3 is 9.84 Å². The maximum absolute atomic E-state index is 14.5. The van der Waals surface area contributed by atoms with Crippen LogP contribution in [0.2, 0.25) is 0 Å². The van der Waals surface area contributed by atoms with Crippen molar-refractivity contribution in [2.45, 2.75) is 126 Å². The van der Waals surface area contributed by atoms with Crippen LogP contribution in [-0.2, 0) is 23.9 Å². The van der Waals surface area contributed by atoms with Gasteiger partial charge in [-0.2, -0.15) is 0 Å². The van der Waals surface area contributed by atoms with E-state index in [9.17, 15) is 24.3 Å². The smallest absolute Gasteiger partial charge is 0.309 e. The largest absolute Gasteiger partial charge is 0.481 e. The molecule has 1 amide bonds. The number of para-hydroxylation sites is 1. The molecule has 0 bridgehead atoms. The van der Waals surface area contributed by atoms with Crippen LogP contribution in [0.1, 0.15) is 120 Å². The molecule has 4 saturated carbocycles. The SMILES string of the molecule is CC(C)C1=C2C3CCC4[C@@](C)(CCC5C(C)(C)[C@@H](OC(=O)CC(C)(C)C(=O)O)CC[C@@]54C)C3CCC2(C(=O)Nc2ncc3ccccc3n2)CC1=O. The Balaban J connectivity index is 1.16. The summed E-state index contributed by atoms with van der Waals surface area (Å²) in [5, 5.41) is 13.6. The van der Waals surface area contributed by atoms with E-state index < -0.39 is 22.8 Å². The van der Waals surface area contributed by atoms with E-state index in [1.165, 1.54) is 0 Å². The number of amides is 1. The Morgan fingerprint density at radius 1 is 0.962 bits per heavy atom. The molecular formula is C43H57N3O6. The molecule has 7 rings (SSSR count). The summed E-state index contributed by atoms with van der Waals surface area (Å²) < 4.78 is 6.14.